The molecule has 0 unspecified atom stereocenters. The van der Waals surface area contributed by atoms with Crippen molar-refractivity contribution in [3.63, 3.8) is 0 Å². The Kier molecular flexibility index (Phi) is 5.35. The van der Waals surface area contributed by atoms with E-state index in [0.29, 0.717) is 13.1 Å². The van der Waals surface area contributed by atoms with E-state index in [-0.39, 0.29) is 5.91 Å². The summed E-state index contributed by atoms with van der Waals surface area (Å²) in [6.07, 6.45) is 5.65. The van der Waals surface area contributed by atoms with Crippen LogP contribution in [0.2, 0.25) is 0 Å². The molecule has 0 aromatic carbocycles. The predicted octanol–water partition coefficient (Wildman–Crippen LogP) is -0.363. The number of carbonyl (C=O) groups is 1. The van der Waals surface area contributed by atoms with E-state index in [1.54, 1.807) is 0 Å². The van der Waals surface area contributed by atoms with Crippen molar-refractivity contribution in [2.45, 2.75) is 13.5 Å². The van der Waals surface area contributed by atoms with Crippen molar-refractivity contribution in [1.82, 2.24) is 24.7 Å². The molecule has 0 spiro atoms. The average Bonchev–Trinajstić information content (AvgIpc) is 2.91. The van der Waals surface area contributed by atoms with Gasteiger partial charge in [-0.1, -0.05) is 0 Å². The molecule has 1 fully saturated rings. The molecule has 19 heavy (non-hydrogen) atoms. The van der Waals surface area contributed by atoms with Crippen molar-refractivity contribution >= 4 is 5.91 Å². The van der Waals surface area contributed by atoms with Crippen molar-refractivity contribution in [3.8, 4) is 0 Å². The van der Waals surface area contributed by atoms with Crippen molar-refractivity contribution in [2.75, 3.05) is 45.8 Å². The third-order valence-electron chi connectivity index (χ3n) is 3.44. The molecule has 2 heterocycles. The van der Waals surface area contributed by atoms with Gasteiger partial charge in [-0.3, -0.25) is 14.6 Å². The van der Waals surface area contributed by atoms with Crippen LogP contribution < -0.4 is 5.32 Å². The summed E-state index contributed by atoms with van der Waals surface area (Å²) < 4.78 is 2.10. The Hall–Kier alpha value is -1.40. The molecule has 1 aliphatic heterocycles. The molecule has 1 aliphatic rings. The van der Waals surface area contributed by atoms with Crippen LogP contribution >= 0.6 is 0 Å². The topological polar surface area (TPSA) is 53.4 Å². The first-order valence-electron chi connectivity index (χ1n) is 6.95. The van der Waals surface area contributed by atoms with Gasteiger partial charge in [-0.25, -0.2) is 4.98 Å². The Morgan fingerprint density at radius 2 is 1.95 bits per heavy atom. The van der Waals surface area contributed by atoms with Crippen LogP contribution in [-0.2, 0) is 11.3 Å². The minimum atomic E-state index is 0.134. The molecule has 2 rings (SSSR count). The number of piperazine rings is 1. The Morgan fingerprint density at radius 3 is 2.58 bits per heavy atom. The molecule has 106 valence electrons. The Bertz CT molecular complexity index is 370. The molecule has 1 N–H and O–H groups in total. The zero-order valence-corrected chi connectivity index (χ0v) is 11.6. The molecular formula is C13H23N5O. The SMILES string of the molecule is CCNC(=O)CN1CCN(CCn2ccnc2)CC1. The maximum absolute atomic E-state index is 11.5. The standard InChI is InChI=1S/C13H23N5O/c1-2-15-13(19)11-17-8-5-16(6-9-17)7-10-18-4-3-14-12-18/h3-4,12H,2,5-11H2,1H3,(H,15,19). The number of rotatable bonds is 6. The number of likely N-dealkylation sites (N-methyl/N-ethyl adjacent to an activating group) is 1. The van der Waals surface area contributed by atoms with E-state index < -0.39 is 0 Å². The number of aromatic nitrogens is 2. The second-order valence-corrected chi connectivity index (χ2v) is 4.87. The molecule has 0 atom stereocenters. The number of nitrogens with zero attached hydrogens (tertiary/aromatic N) is 4. The maximum Gasteiger partial charge on any atom is 0.234 e. The summed E-state index contributed by atoms with van der Waals surface area (Å²) in [5, 5.41) is 2.84. The van der Waals surface area contributed by atoms with E-state index in [0.717, 1.165) is 39.3 Å². The fourth-order valence-electron chi connectivity index (χ4n) is 2.30. The van der Waals surface area contributed by atoms with Crippen LogP contribution in [0, 0.1) is 0 Å². The smallest absolute Gasteiger partial charge is 0.234 e. The largest absolute Gasteiger partial charge is 0.355 e. The first-order valence-corrected chi connectivity index (χ1v) is 6.95. The van der Waals surface area contributed by atoms with E-state index in [4.69, 9.17) is 0 Å². The van der Waals surface area contributed by atoms with Gasteiger partial charge in [0.1, 0.15) is 0 Å². The number of imidazole rings is 1. The molecular weight excluding hydrogens is 242 g/mol. The van der Waals surface area contributed by atoms with Gasteiger partial charge in [-0.2, -0.15) is 0 Å². The molecule has 1 saturated heterocycles. The van der Waals surface area contributed by atoms with Crippen molar-refractivity contribution < 1.29 is 4.79 Å². The lowest BCUT2D eigenvalue weighted by molar-refractivity contribution is -0.122. The lowest BCUT2D eigenvalue weighted by atomic mass is 10.3. The van der Waals surface area contributed by atoms with Gasteiger partial charge in [0.05, 0.1) is 12.9 Å². The van der Waals surface area contributed by atoms with Gasteiger partial charge >= 0.3 is 0 Å². The molecule has 0 radical (unpaired) electrons. The molecule has 6 heteroatoms. The minimum Gasteiger partial charge on any atom is -0.355 e. The van der Waals surface area contributed by atoms with E-state index in [1.165, 1.54) is 0 Å². The van der Waals surface area contributed by atoms with Gasteiger partial charge in [0.2, 0.25) is 5.91 Å². The highest BCUT2D eigenvalue weighted by Crippen LogP contribution is 2.01. The van der Waals surface area contributed by atoms with Gasteiger partial charge in [0, 0.05) is 58.2 Å². The normalized spacial score (nSPS) is 17.5. The fraction of sp³-hybridized carbons (Fsp3) is 0.692. The van der Waals surface area contributed by atoms with Crippen LogP contribution in [0.1, 0.15) is 6.92 Å². The summed E-state index contributed by atoms with van der Waals surface area (Å²) in [4.78, 5) is 20.2. The highest BCUT2D eigenvalue weighted by atomic mass is 16.2. The zero-order chi connectivity index (χ0) is 13.5. The van der Waals surface area contributed by atoms with E-state index in [2.05, 4.69) is 24.7 Å². The molecule has 0 aliphatic carbocycles. The fourth-order valence-corrected chi connectivity index (χ4v) is 2.30. The van der Waals surface area contributed by atoms with Crippen LogP contribution in [0.3, 0.4) is 0 Å². The Balaban J connectivity index is 1.63. The van der Waals surface area contributed by atoms with Crippen LogP contribution in [0.25, 0.3) is 0 Å². The monoisotopic (exact) mass is 265 g/mol. The van der Waals surface area contributed by atoms with Gasteiger partial charge in [-0.05, 0) is 6.92 Å². The van der Waals surface area contributed by atoms with Gasteiger partial charge in [0.15, 0.2) is 0 Å². The number of carbonyl (C=O) groups excluding carboxylic acids is 1. The summed E-state index contributed by atoms with van der Waals surface area (Å²) >= 11 is 0. The van der Waals surface area contributed by atoms with Crippen molar-refractivity contribution in [3.05, 3.63) is 18.7 Å². The zero-order valence-electron chi connectivity index (χ0n) is 11.6. The van der Waals surface area contributed by atoms with E-state index >= 15 is 0 Å². The molecule has 0 saturated carbocycles. The highest BCUT2D eigenvalue weighted by Gasteiger charge is 2.18. The third kappa shape index (κ3) is 4.65. The lowest BCUT2D eigenvalue weighted by Gasteiger charge is -2.34. The number of hydrogen-bond acceptors (Lipinski definition) is 4. The number of amides is 1. The number of hydrogen-bond donors (Lipinski definition) is 1. The van der Waals surface area contributed by atoms with E-state index in [9.17, 15) is 4.79 Å². The second kappa shape index (κ2) is 7.25. The number of nitrogens with one attached hydrogen (secondary N) is 1. The van der Waals surface area contributed by atoms with Crippen LogP contribution in [0.15, 0.2) is 18.7 Å². The minimum absolute atomic E-state index is 0.134. The predicted molar refractivity (Wildman–Crippen MR) is 73.8 cm³/mol. The van der Waals surface area contributed by atoms with Crippen molar-refractivity contribution in [1.29, 1.82) is 0 Å². The molecule has 6 nitrogen and oxygen atoms in total. The van der Waals surface area contributed by atoms with E-state index in [1.807, 2.05) is 25.6 Å². The second-order valence-electron chi connectivity index (χ2n) is 4.87. The summed E-state index contributed by atoms with van der Waals surface area (Å²) in [6, 6.07) is 0. The Morgan fingerprint density at radius 1 is 1.21 bits per heavy atom. The van der Waals surface area contributed by atoms with Crippen LogP contribution in [0.4, 0.5) is 0 Å². The third-order valence-corrected chi connectivity index (χ3v) is 3.44. The summed E-state index contributed by atoms with van der Waals surface area (Å²) in [6.45, 7) is 9.24. The first-order chi connectivity index (χ1) is 9.28. The van der Waals surface area contributed by atoms with Gasteiger partial charge in [-0.15, -0.1) is 0 Å². The summed E-state index contributed by atoms with van der Waals surface area (Å²) in [5.41, 5.74) is 0. The molecule has 1 aromatic rings. The Labute approximate surface area is 114 Å². The first kappa shape index (κ1) is 14.0. The molecule has 1 amide bonds. The van der Waals surface area contributed by atoms with Crippen LogP contribution in [0.5, 0.6) is 0 Å². The molecule has 0 bridgehead atoms. The maximum atomic E-state index is 11.5. The quantitative estimate of drug-likeness (QED) is 0.763. The summed E-state index contributed by atoms with van der Waals surface area (Å²) in [7, 11) is 0. The van der Waals surface area contributed by atoms with Gasteiger partial charge in [0.25, 0.3) is 0 Å². The highest BCUT2D eigenvalue weighted by molar-refractivity contribution is 5.77. The lowest BCUT2D eigenvalue weighted by Crippen LogP contribution is -2.49. The van der Waals surface area contributed by atoms with Crippen LogP contribution in [-0.4, -0.2) is 71.1 Å². The average molecular weight is 265 g/mol. The van der Waals surface area contributed by atoms with Gasteiger partial charge < -0.3 is 9.88 Å². The van der Waals surface area contributed by atoms with Crippen molar-refractivity contribution in [2.24, 2.45) is 0 Å². The molecule has 1 aromatic heterocycles. The summed E-state index contributed by atoms with van der Waals surface area (Å²) in [5.74, 6) is 0.134.